The first-order valence-electron chi connectivity index (χ1n) is 5.37. The number of aliphatic hydroxyl groups excluding tert-OH is 1. The first kappa shape index (κ1) is 12.1. The van der Waals surface area contributed by atoms with Gasteiger partial charge in [0.1, 0.15) is 10.4 Å². The van der Waals surface area contributed by atoms with Gasteiger partial charge in [-0.15, -0.1) is 0 Å². The van der Waals surface area contributed by atoms with E-state index in [1.165, 1.54) is 29.2 Å². The number of ether oxygens (including phenoxy) is 1. The number of hydrogen-bond acceptors (Lipinski definition) is 6. The van der Waals surface area contributed by atoms with Crippen LogP contribution in [0, 0.1) is 5.92 Å². The van der Waals surface area contributed by atoms with Crippen LogP contribution in [0.1, 0.15) is 0 Å². The van der Waals surface area contributed by atoms with Crippen molar-refractivity contribution in [3.63, 3.8) is 0 Å². The zero-order valence-corrected chi connectivity index (χ0v) is 10.3. The molecule has 0 spiro atoms. The highest BCUT2D eigenvalue weighted by Crippen LogP contribution is 2.50. The Bertz CT molecular complexity index is 570. The lowest BCUT2D eigenvalue weighted by atomic mass is 10.00. The summed E-state index contributed by atoms with van der Waals surface area (Å²) < 4.78 is 6.27. The van der Waals surface area contributed by atoms with E-state index in [-0.39, 0.29) is 23.8 Å². The van der Waals surface area contributed by atoms with Crippen molar-refractivity contribution in [3.05, 3.63) is 24.6 Å². The summed E-state index contributed by atoms with van der Waals surface area (Å²) in [5.41, 5.74) is 0. The van der Waals surface area contributed by atoms with E-state index < -0.39 is 12.1 Å². The number of carboxylic acid groups (broad SMARTS) is 1. The van der Waals surface area contributed by atoms with Gasteiger partial charge >= 0.3 is 6.16 Å². The van der Waals surface area contributed by atoms with Crippen LogP contribution in [0.4, 0.5) is 4.79 Å². The first-order valence-corrected chi connectivity index (χ1v) is 6.25. The summed E-state index contributed by atoms with van der Waals surface area (Å²) in [6, 6.07) is 0. The number of carbonyl (C=O) groups is 2. The number of imidazole rings is 1. The smallest absolute Gasteiger partial charge is 0.449 e. The van der Waals surface area contributed by atoms with Gasteiger partial charge in [-0.25, -0.2) is 9.78 Å². The minimum Gasteiger partial charge on any atom is -0.449 e. The summed E-state index contributed by atoms with van der Waals surface area (Å²) in [4.78, 5) is 27.6. The fraction of sp³-hybridized carbons (Fsp3) is 0.300. The molecule has 2 atom stereocenters. The quantitative estimate of drug-likeness (QED) is 0.602. The molecule has 3 rings (SSSR count). The van der Waals surface area contributed by atoms with E-state index >= 15 is 0 Å². The maximum absolute atomic E-state index is 11.8. The molecule has 0 bridgehead atoms. The highest BCUT2D eigenvalue weighted by atomic mass is 32.2. The van der Waals surface area contributed by atoms with Gasteiger partial charge in [0.15, 0.2) is 0 Å². The third kappa shape index (κ3) is 1.70. The van der Waals surface area contributed by atoms with Crippen LogP contribution in [0.15, 0.2) is 24.6 Å². The van der Waals surface area contributed by atoms with E-state index in [0.29, 0.717) is 5.03 Å². The molecular weight excluding hydrogens is 274 g/mol. The number of aliphatic hydroxyl groups is 1. The van der Waals surface area contributed by atoms with Crippen LogP contribution in [-0.2, 0) is 9.53 Å². The second-order valence-electron chi connectivity index (χ2n) is 3.95. The van der Waals surface area contributed by atoms with E-state index in [2.05, 4.69) is 4.98 Å². The molecule has 19 heavy (non-hydrogen) atoms. The fourth-order valence-electron chi connectivity index (χ4n) is 2.04. The average Bonchev–Trinajstić information content (AvgIpc) is 2.94. The second kappa shape index (κ2) is 4.28. The summed E-state index contributed by atoms with van der Waals surface area (Å²) in [5, 5.41) is 18.0. The molecule has 0 unspecified atom stereocenters. The maximum atomic E-state index is 11.8. The van der Waals surface area contributed by atoms with Gasteiger partial charge in [0, 0.05) is 12.4 Å². The van der Waals surface area contributed by atoms with Crippen LogP contribution in [0.3, 0.4) is 0 Å². The Morgan fingerprint density at radius 2 is 2.37 bits per heavy atom. The predicted octanol–water partition coefficient (Wildman–Crippen LogP) is 0.185. The lowest BCUT2D eigenvalue weighted by Crippen LogP contribution is -2.58. The highest BCUT2D eigenvalue weighted by molar-refractivity contribution is 8.08. The molecule has 1 fully saturated rings. The van der Waals surface area contributed by atoms with Gasteiger partial charge in [0.25, 0.3) is 0 Å². The van der Waals surface area contributed by atoms with Gasteiger partial charge in [-0.2, -0.15) is 0 Å². The third-order valence-corrected chi connectivity index (χ3v) is 4.30. The molecule has 1 amide bonds. The van der Waals surface area contributed by atoms with Crippen LogP contribution < -0.4 is 0 Å². The standard InChI is InChI=1S/C10H9N3O5S/c14-3-5-6(15)13-7(18-10(16)17)9(19-8(5)13)12-2-1-11-4-12/h1-2,4-5,8,14H,3H2,(H,16,17)/t5-,8+/m0/s1. The Labute approximate surface area is 111 Å². The number of aromatic nitrogens is 2. The van der Waals surface area contributed by atoms with Gasteiger partial charge in [-0.1, -0.05) is 11.8 Å². The SMILES string of the molecule is O=C(O)OC1=C(n2ccnc2)S[C@@H]2[C@@H](CO)C(=O)N12. The Balaban J connectivity index is 1.98. The normalized spacial score (nSPS) is 25.3. The number of fused-ring (bicyclic) bond motifs is 1. The minimum atomic E-state index is -1.49. The number of thioether (sulfide) groups is 1. The number of carbonyl (C=O) groups excluding carboxylic acids is 1. The van der Waals surface area contributed by atoms with Crippen LogP contribution >= 0.6 is 11.8 Å². The van der Waals surface area contributed by atoms with Crippen LogP contribution in [0.5, 0.6) is 0 Å². The number of nitrogens with zero attached hydrogens (tertiary/aromatic N) is 3. The zero-order valence-electron chi connectivity index (χ0n) is 9.46. The van der Waals surface area contributed by atoms with Crippen molar-refractivity contribution in [2.75, 3.05) is 6.61 Å². The molecule has 0 radical (unpaired) electrons. The van der Waals surface area contributed by atoms with Crippen molar-refractivity contribution >= 4 is 28.9 Å². The van der Waals surface area contributed by atoms with Crippen LogP contribution in [0.2, 0.25) is 0 Å². The Hall–Kier alpha value is -2.00. The Kier molecular flexibility index (Phi) is 2.72. The molecule has 0 aromatic carbocycles. The molecule has 0 aliphatic carbocycles. The topological polar surface area (TPSA) is 105 Å². The van der Waals surface area contributed by atoms with E-state index in [4.69, 9.17) is 14.9 Å². The third-order valence-electron chi connectivity index (χ3n) is 2.91. The van der Waals surface area contributed by atoms with E-state index in [1.807, 2.05) is 0 Å². The largest absolute Gasteiger partial charge is 0.512 e. The molecular formula is C10H9N3O5S. The molecule has 2 aliphatic rings. The van der Waals surface area contributed by atoms with Gasteiger partial charge in [0.05, 0.1) is 18.9 Å². The van der Waals surface area contributed by atoms with Gasteiger partial charge in [0.2, 0.25) is 11.8 Å². The average molecular weight is 283 g/mol. The molecule has 100 valence electrons. The molecule has 2 aliphatic heterocycles. The van der Waals surface area contributed by atoms with Crippen molar-refractivity contribution in [1.29, 1.82) is 0 Å². The van der Waals surface area contributed by atoms with E-state index in [1.54, 1.807) is 10.8 Å². The number of β-lactam (4-membered cyclic amide) rings is 1. The number of amides is 1. The van der Waals surface area contributed by atoms with Crippen molar-refractivity contribution in [1.82, 2.24) is 14.5 Å². The molecule has 8 nitrogen and oxygen atoms in total. The van der Waals surface area contributed by atoms with E-state index in [0.717, 1.165) is 0 Å². The summed E-state index contributed by atoms with van der Waals surface area (Å²) in [7, 11) is 0. The summed E-state index contributed by atoms with van der Waals surface area (Å²) in [6.07, 6.45) is 3.15. The molecule has 1 aromatic rings. The van der Waals surface area contributed by atoms with Gasteiger partial charge < -0.3 is 14.9 Å². The van der Waals surface area contributed by atoms with Crippen LogP contribution in [-0.4, -0.2) is 48.7 Å². The van der Waals surface area contributed by atoms with Crippen LogP contribution in [0.25, 0.3) is 5.03 Å². The van der Waals surface area contributed by atoms with Gasteiger partial charge in [-0.05, 0) is 0 Å². The van der Waals surface area contributed by atoms with E-state index in [9.17, 15) is 9.59 Å². The summed E-state index contributed by atoms with van der Waals surface area (Å²) in [6.45, 7) is -0.273. The monoisotopic (exact) mass is 283 g/mol. The van der Waals surface area contributed by atoms with Crippen molar-refractivity contribution < 1.29 is 24.5 Å². The Morgan fingerprint density at radius 3 is 2.95 bits per heavy atom. The summed E-state index contributed by atoms with van der Waals surface area (Å²) >= 11 is 1.26. The van der Waals surface area contributed by atoms with Crippen molar-refractivity contribution in [2.45, 2.75) is 5.37 Å². The highest BCUT2D eigenvalue weighted by Gasteiger charge is 2.56. The molecule has 9 heteroatoms. The first-order chi connectivity index (χ1) is 9.13. The van der Waals surface area contributed by atoms with Crippen molar-refractivity contribution in [3.8, 4) is 0 Å². The zero-order chi connectivity index (χ0) is 13.6. The Morgan fingerprint density at radius 1 is 1.58 bits per heavy atom. The predicted molar refractivity (Wildman–Crippen MR) is 63.4 cm³/mol. The number of rotatable bonds is 3. The second-order valence-corrected chi connectivity index (χ2v) is 5.06. The molecule has 1 aromatic heterocycles. The molecule has 0 saturated carbocycles. The number of hydrogen-bond donors (Lipinski definition) is 2. The summed E-state index contributed by atoms with van der Waals surface area (Å²) in [5.74, 6) is -0.903. The molecule has 1 saturated heterocycles. The van der Waals surface area contributed by atoms with Crippen molar-refractivity contribution in [2.24, 2.45) is 5.92 Å². The minimum absolute atomic E-state index is 0.0322. The fourth-order valence-corrected chi connectivity index (χ4v) is 3.41. The lowest BCUT2D eigenvalue weighted by molar-refractivity contribution is -0.151. The molecule has 3 heterocycles. The maximum Gasteiger partial charge on any atom is 0.512 e. The molecule has 2 N–H and O–H groups in total. The van der Waals surface area contributed by atoms with Gasteiger partial charge in [-0.3, -0.25) is 14.3 Å². The lowest BCUT2D eigenvalue weighted by Gasteiger charge is -2.40.